The van der Waals surface area contributed by atoms with Gasteiger partial charge in [0.25, 0.3) is 5.91 Å². The van der Waals surface area contributed by atoms with Crippen LogP contribution in [-0.2, 0) is 31.1 Å². The van der Waals surface area contributed by atoms with Crippen molar-refractivity contribution in [1.82, 2.24) is 25.8 Å². The average Bonchev–Trinajstić information content (AvgIpc) is 3.40. The summed E-state index contributed by atoms with van der Waals surface area (Å²) in [6.45, 7) is 3.25. The number of rotatable bonds is 12. The second-order valence-electron chi connectivity index (χ2n) is 9.79. The fourth-order valence-corrected chi connectivity index (χ4v) is 5.12. The van der Waals surface area contributed by atoms with Crippen molar-refractivity contribution in [3.63, 3.8) is 0 Å². The number of carbonyl (C=O) groups is 3. The zero-order chi connectivity index (χ0) is 28.7. The molecule has 2 amide bonds. The smallest absolute Gasteiger partial charge is 0.328 e. The highest BCUT2D eigenvalue weighted by atomic mass is 32.1. The number of anilines is 1. The second-order valence-corrected chi connectivity index (χ2v) is 11.0. The number of halogens is 1. The molecular formula is C27H32FN7O4S. The molecule has 0 saturated heterocycles. The van der Waals surface area contributed by atoms with Crippen LogP contribution in [0, 0.1) is 5.82 Å². The van der Waals surface area contributed by atoms with Gasteiger partial charge in [0.2, 0.25) is 5.91 Å². The minimum atomic E-state index is -0.919. The molecule has 0 spiro atoms. The lowest BCUT2D eigenvalue weighted by molar-refractivity contribution is -0.151. The van der Waals surface area contributed by atoms with Crippen LogP contribution in [0.3, 0.4) is 0 Å². The van der Waals surface area contributed by atoms with Crippen molar-refractivity contribution < 1.29 is 23.5 Å². The molecule has 13 heteroatoms. The van der Waals surface area contributed by atoms with E-state index in [1.54, 1.807) is 12.3 Å². The number of ether oxygens (including phenoxy) is 1. The molecule has 1 saturated carbocycles. The van der Waals surface area contributed by atoms with Crippen molar-refractivity contribution in [3.05, 3.63) is 59.0 Å². The van der Waals surface area contributed by atoms with Crippen LogP contribution in [0.15, 0.2) is 42.6 Å². The lowest BCUT2D eigenvalue weighted by Gasteiger charge is -2.41. The van der Waals surface area contributed by atoms with Crippen molar-refractivity contribution in [2.24, 2.45) is 5.73 Å². The van der Waals surface area contributed by atoms with E-state index in [1.807, 2.05) is 24.3 Å². The summed E-state index contributed by atoms with van der Waals surface area (Å²) < 4.78 is 19.3. The van der Waals surface area contributed by atoms with E-state index in [1.165, 1.54) is 31.3 Å². The second kappa shape index (κ2) is 12.9. The van der Waals surface area contributed by atoms with Gasteiger partial charge in [-0.1, -0.05) is 6.42 Å². The molecule has 1 aliphatic carbocycles. The lowest BCUT2D eigenvalue weighted by atomic mass is 9.66. The summed E-state index contributed by atoms with van der Waals surface area (Å²) in [5.41, 5.74) is 6.29. The summed E-state index contributed by atoms with van der Waals surface area (Å²) in [5, 5.41) is 17.0. The van der Waals surface area contributed by atoms with Gasteiger partial charge in [-0.25, -0.2) is 9.18 Å². The van der Waals surface area contributed by atoms with Gasteiger partial charge < -0.3 is 26.4 Å². The number of carbonyl (C=O) groups excluding carboxylic acids is 3. The molecule has 0 bridgehead atoms. The topological polar surface area (TPSA) is 161 Å². The predicted molar refractivity (Wildman–Crippen MR) is 148 cm³/mol. The van der Waals surface area contributed by atoms with Gasteiger partial charge in [-0.05, 0) is 63.1 Å². The number of thiophene rings is 1. The Hall–Kier alpha value is -3.97. The van der Waals surface area contributed by atoms with Gasteiger partial charge in [-0.2, -0.15) is 0 Å². The number of nitrogens with two attached hydrogens (primary N) is 1. The Morgan fingerprint density at radius 2 is 1.95 bits per heavy atom. The molecule has 3 heterocycles. The molecule has 0 unspecified atom stereocenters. The SMILES string of the molecule is C[C@H](N)C(=O)N[C@@H](C)C(=O)OCC(=O)NCc1ccc(-c2ccc(NCC3(c4ncccc4F)CCC3)nn2)s1. The summed E-state index contributed by atoms with van der Waals surface area (Å²) in [6, 6.07) is 8.80. The van der Waals surface area contributed by atoms with Gasteiger partial charge >= 0.3 is 5.97 Å². The summed E-state index contributed by atoms with van der Waals surface area (Å²) in [7, 11) is 0. The van der Waals surface area contributed by atoms with Crippen LogP contribution in [0.2, 0.25) is 0 Å². The molecule has 11 nitrogen and oxygen atoms in total. The Labute approximate surface area is 235 Å². The maximum atomic E-state index is 14.4. The van der Waals surface area contributed by atoms with E-state index >= 15 is 0 Å². The number of hydrogen-bond donors (Lipinski definition) is 4. The van der Waals surface area contributed by atoms with Crippen LogP contribution < -0.4 is 21.7 Å². The molecular weight excluding hydrogens is 537 g/mol. The molecule has 1 aliphatic rings. The van der Waals surface area contributed by atoms with Crippen molar-refractivity contribution in [1.29, 1.82) is 0 Å². The van der Waals surface area contributed by atoms with E-state index < -0.39 is 36.5 Å². The number of nitrogens with one attached hydrogen (secondary N) is 3. The Bertz CT molecular complexity index is 1340. The summed E-state index contributed by atoms with van der Waals surface area (Å²) in [6.07, 6.45) is 4.38. The molecule has 3 aromatic rings. The monoisotopic (exact) mass is 569 g/mol. The van der Waals surface area contributed by atoms with Crippen LogP contribution in [0.4, 0.5) is 10.2 Å². The van der Waals surface area contributed by atoms with E-state index in [9.17, 15) is 18.8 Å². The average molecular weight is 570 g/mol. The maximum absolute atomic E-state index is 14.4. The first-order valence-corrected chi connectivity index (χ1v) is 13.8. The van der Waals surface area contributed by atoms with Gasteiger partial charge in [0.15, 0.2) is 6.61 Å². The number of aromatic nitrogens is 3. The van der Waals surface area contributed by atoms with Crippen LogP contribution in [-0.4, -0.2) is 58.2 Å². The van der Waals surface area contributed by atoms with E-state index in [-0.39, 0.29) is 17.8 Å². The van der Waals surface area contributed by atoms with Gasteiger partial charge in [0, 0.05) is 23.0 Å². The minimum absolute atomic E-state index is 0.247. The van der Waals surface area contributed by atoms with E-state index in [0.29, 0.717) is 23.8 Å². The van der Waals surface area contributed by atoms with Crippen LogP contribution in [0.25, 0.3) is 10.6 Å². The number of nitrogens with zero attached hydrogens (tertiary/aromatic N) is 3. The van der Waals surface area contributed by atoms with Crippen LogP contribution in [0.5, 0.6) is 0 Å². The van der Waals surface area contributed by atoms with Gasteiger partial charge in [0.1, 0.15) is 23.4 Å². The zero-order valence-corrected chi connectivity index (χ0v) is 23.1. The first-order chi connectivity index (χ1) is 19.2. The van der Waals surface area contributed by atoms with Crippen molar-refractivity contribution in [2.45, 2.75) is 57.2 Å². The van der Waals surface area contributed by atoms with Gasteiger partial charge in [-0.3, -0.25) is 14.6 Å². The molecule has 40 heavy (non-hydrogen) atoms. The standard InChI is InChI=1S/C27H32FN7O4S/c1-16(29)25(37)33-17(2)26(38)39-14-23(36)31-13-18-6-8-21(40-18)20-7-9-22(35-34-20)32-15-27(10-4-11-27)24-19(28)5-3-12-30-24/h3,5-9,12,16-17H,4,10-11,13-15,29H2,1-2H3,(H,31,36)(H,32,35)(H,33,37)/t16-,17-/m0/s1. The lowest BCUT2D eigenvalue weighted by Crippen LogP contribution is -2.46. The Morgan fingerprint density at radius 3 is 2.60 bits per heavy atom. The van der Waals surface area contributed by atoms with E-state index in [4.69, 9.17) is 10.5 Å². The molecule has 212 valence electrons. The molecule has 0 aromatic carbocycles. The maximum Gasteiger partial charge on any atom is 0.328 e. The Kier molecular flexibility index (Phi) is 9.38. The zero-order valence-electron chi connectivity index (χ0n) is 22.3. The highest BCUT2D eigenvalue weighted by Gasteiger charge is 2.41. The quantitative estimate of drug-likeness (QED) is 0.240. The highest BCUT2D eigenvalue weighted by Crippen LogP contribution is 2.43. The third-order valence-electron chi connectivity index (χ3n) is 6.69. The van der Waals surface area contributed by atoms with Gasteiger partial charge in [0.05, 0.1) is 23.2 Å². The molecule has 2 atom stereocenters. The Balaban J connectivity index is 1.23. The molecule has 3 aromatic heterocycles. The normalized spacial score (nSPS) is 15.3. The predicted octanol–water partition coefficient (Wildman–Crippen LogP) is 2.28. The third kappa shape index (κ3) is 7.16. The van der Waals surface area contributed by atoms with E-state index in [0.717, 1.165) is 29.0 Å². The highest BCUT2D eigenvalue weighted by molar-refractivity contribution is 7.15. The molecule has 4 rings (SSSR count). The largest absolute Gasteiger partial charge is 0.454 e. The number of pyridine rings is 1. The summed E-state index contributed by atoms with van der Waals surface area (Å²) in [5.74, 6) is -1.38. The summed E-state index contributed by atoms with van der Waals surface area (Å²) in [4.78, 5) is 41.7. The third-order valence-corrected chi connectivity index (χ3v) is 7.80. The summed E-state index contributed by atoms with van der Waals surface area (Å²) >= 11 is 1.45. The number of esters is 1. The molecule has 5 N–H and O–H groups in total. The number of amides is 2. The number of hydrogen-bond acceptors (Lipinski definition) is 10. The van der Waals surface area contributed by atoms with Crippen LogP contribution >= 0.6 is 11.3 Å². The first-order valence-electron chi connectivity index (χ1n) is 12.9. The van der Waals surface area contributed by atoms with E-state index in [2.05, 4.69) is 31.1 Å². The fraction of sp³-hybridized carbons (Fsp3) is 0.407. The van der Waals surface area contributed by atoms with Crippen molar-refractivity contribution in [3.8, 4) is 10.6 Å². The fourth-order valence-electron chi connectivity index (χ4n) is 4.21. The minimum Gasteiger partial charge on any atom is -0.454 e. The van der Waals surface area contributed by atoms with Crippen LogP contribution in [0.1, 0.15) is 43.7 Å². The van der Waals surface area contributed by atoms with Crippen molar-refractivity contribution >= 4 is 34.9 Å². The molecule has 1 fully saturated rings. The molecule has 0 radical (unpaired) electrons. The molecule has 0 aliphatic heterocycles. The van der Waals surface area contributed by atoms with Crippen molar-refractivity contribution in [2.75, 3.05) is 18.5 Å². The first kappa shape index (κ1) is 29.0. The Morgan fingerprint density at radius 1 is 1.15 bits per heavy atom. The van der Waals surface area contributed by atoms with Gasteiger partial charge in [-0.15, -0.1) is 21.5 Å².